The van der Waals surface area contributed by atoms with Gasteiger partial charge in [-0.3, -0.25) is 0 Å². The van der Waals surface area contributed by atoms with E-state index in [2.05, 4.69) is 2.84 Å². The minimum Gasteiger partial charge on any atom is -0.617 e. The Labute approximate surface area is 56.8 Å². The summed E-state index contributed by atoms with van der Waals surface area (Å²) in [6.07, 6.45) is 0.926. The van der Waals surface area contributed by atoms with Gasteiger partial charge in [-0.2, -0.15) is 0 Å². The molecule has 0 radical (unpaired) electrons. The average Bonchev–Trinajstić information content (AvgIpc) is 1.68. The van der Waals surface area contributed by atoms with Crippen LogP contribution in [0.5, 0.6) is 0 Å². The summed E-state index contributed by atoms with van der Waals surface area (Å²) < 4.78 is 16.7. The van der Waals surface area contributed by atoms with Crippen molar-refractivity contribution in [1.29, 1.82) is 0 Å². The quantitative estimate of drug-likeness (QED) is 0.508. The molecule has 0 unspecified atom stereocenters. The maximum absolute atomic E-state index is 12.1. The Morgan fingerprint density at radius 2 is 2.43 bits per heavy atom. The van der Waals surface area contributed by atoms with Crippen LogP contribution in [0.1, 0.15) is 13.3 Å². The predicted octanol–water partition coefficient (Wildman–Crippen LogP) is 0.419. The Morgan fingerprint density at radius 3 is 2.57 bits per heavy atom. The average molecular weight is 134 g/mol. The molecule has 0 bridgehead atoms. The molecular formula is C3H9Al2FO. The molecule has 0 saturated heterocycles. The van der Waals surface area contributed by atoms with Crippen LogP contribution in [-0.4, -0.2) is 31.6 Å². The zero-order chi connectivity index (χ0) is 5.70. The Bertz CT molecular complexity index is 43.9. The number of hydrogen-bond acceptors (Lipinski definition) is 1. The Balaban J connectivity index is 2.83. The summed E-state index contributed by atoms with van der Waals surface area (Å²) in [5, 5.41) is 0.684. The maximum atomic E-state index is 12.1. The monoisotopic (exact) mass is 134 g/mol. The lowest BCUT2D eigenvalue weighted by Crippen LogP contribution is -2.07. The van der Waals surface area contributed by atoms with Gasteiger partial charge in [-0.25, -0.2) is 0 Å². The largest absolute Gasteiger partial charge is 0.685 e. The highest BCUT2D eigenvalue weighted by molar-refractivity contribution is 6.48. The van der Waals surface area contributed by atoms with Crippen LogP contribution in [0.2, 0.25) is 5.28 Å². The lowest BCUT2D eigenvalue weighted by Gasteiger charge is -1.94. The minimum atomic E-state index is -2.12. The first-order chi connectivity index (χ1) is 3.31. The second-order valence-electron chi connectivity index (χ2n) is 1.43. The Hall–Kier alpha value is 0.955. The molecule has 0 amide bonds. The van der Waals surface area contributed by atoms with Gasteiger partial charge in [0.2, 0.25) is 0 Å². The molecule has 1 nitrogen and oxygen atoms in total. The summed E-state index contributed by atoms with van der Waals surface area (Å²) >= 11 is -1.55. The lowest BCUT2D eigenvalue weighted by atomic mass is 10.6. The van der Waals surface area contributed by atoms with Crippen LogP contribution < -0.4 is 0 Å². The van der Waals surface area contributed by atoms with Crippen molar-refractivity contribution in [3.05, 3.63) is 0 Å². The molecule has 4 heteroatoms. The third kappa shape index (κ3) is 4.82. The van der Waals surface area contributed by atoms with Gasteiger partial charge in [0.15, 0.2) is 0 Å². The van der Waals surface area contributed by atoms with Gasteiger partial charge in [0, 0.05) is 0 Å². The molecule has 0 rings (SSSR count). The minimum absolute atomic E-state index is 0.574. The second-order valence-corrected chi connectivity index (χ2v) is 4.72. The number of halogens is 1. The van der Waals surface area contributed by atoms with E-state index in [0.29, 0.717) is 21.9 Å². The SMILES string of the molecule is CC[CH2][Al]([F])[O][AlH2]. The van der Waals surface area contributed by atoms with Crippen LogP contribution in [0, 0.1) is 0 Å². The number of rotatable bonds is 3. The molecule has 0 saturated carbocycles. The van der Waals surface area contributed by atoms with Gasteiger partial charge in [0.1, 0.15) is 0 Å². The van der Waals surface area contributed by atoms with E-state index in [1.54, 1.807) is 0 Å². The van der Waals surface area contributed by atoms with Crippen molar-refractivity contribution >= 4 is 31.6 Å². The highest BCUT2D eigenvalue weighted by Crippen LogP contribution is 1.96. The summed E-state index contributed by atoms with van der Waals surface area (Å²) in [6.45, 7) is 1.97. The Morgan fingerprint density at radius 1 is 1.86 bits per heavy atom. The maximum Gasteiger partial charge on any atom is 0.685 e. The summed E-state index contributed by atoms with van der Waals surface area (Å²) in [5.41, 5.74) is 0. The van der Waals surface area contributed by atoms with Gasteiger partial charge in [-0.1, -0.05) is 13.3 Å². The third-order valence-corrected chi connectivity index (χ3v) is 3.85. The molecule has 7 heavy (non-hydrogen) atoms. The smallest absolute Gasteiger partial charge is 0.617 e. The van der Waals surface area contributed by atoms with E-state index >= 15 is 0 Å². The molecule has 0 aliphatic carbocycles. The molecule has 0 fully saturated rings. The van der Waals surface area contributed by atoms with Crippen LogP contribution in [0.4, 0.5) is 3.52 Å². The van der Waals surface area contributed by atoms with Crippen molar-refractivity contribution in [2.24, 2.45) is 0 Å². The van der Waals surface area contributed by atoms with E-state index in [4.69, 9.17) is 0 Å². The molecule has 0 spiro atoms. The molecular weight excluding hydrogens is 125 g/mol. The van der Waals surface area contributed by atoms with Gasteiger partial charge in [0.05, 0.1) is 0 Å². The molecule has 0 aliphatic heterocycles. The molecule has 0 aromatic heterocycles. The van der Waals surface area contributed by atoms with E-state index in [-0.39, 0.29) is 0 Å². The van der Waals surface area contributed by atoms with Crippen LogP contribution in [0.3, 0.4) is 0 Å². The fraction of sp³-hybridized carbons (Fsp3) is 1.00. The summed E-state index contributed by atoms with van der Waals surface area (Å²) in [6, 6.07) is 0. The van der Waals surface area contributed by atoms with Crippen molar-refractivity contribution in [2.45, 2.75) is 18.6 Å². The van der Waals surface area contributed by atoms with Crippen LogP contribution >= 0.6 is 0 Å². The first kappa shape index (κ1) is 7.95. The summed E-state index contributed by atoms with van der Waals surface area (Å²) in [7, 11) is 0. The summed E-state index contributed by atoms with van der Waals surface area (Å²) in [4.78, 5) is 0. The normalized spacial score (nSPS) is 8.86. The van der Waals surface area contributed by atoms with Crippen LogP contribution in [-0.2, 0) is 2.84 Å². The Kier molecular flexibility index (Phi) is 5.79. The zero-order valence-electron chi connectivity index (χ0n) is 4.78. The molecule has 0 aliphatic rings. The van der Waals surface area contributed by atoms with Crippen LogP contribution in [0.15, 0.2) is 0 Å². The molecule has 0 aromatic carbocycles. The molecule has 0 atom stereocenters. The standard InChI is InChI=1S/C3H7.2Al.FH.O.2H/c1-3-2;;;;;;/h1,3H2,2H3;;;1H;;;/q;;+1;;;;/p-1. The second kappa shape index (κ2) is 5.10. The first-order valence-corrected chi connectivity index (χ1v) is 5.02. The first-order valence-electron chi connectivity index (χ1n) is 2.48. The topological polar surface area (TPSA) is 9.23 Å². The highest BCUT2D eigenvalue weighted by Gasteiger charge is 2.15. The van der Waals surface area contributed by atoms with Gasteiger partial charge < -0.3 is 6.36 Å². The lowest BCUT2D eigenvalue weighted by molar-refractivity contribution is 0.536. The van der Waals surface area contributed by atoms with Gasteiger partial charge in [0.25, 0.3) is 0 Å². The van der Waals surface area contributed by atoms with E-state index in [9.17, 15) is 3.52 Å². The number of hydrogen-bond donors (Lipinski definition) is 0. The fourth-order valence-corrected chi connectivity index (χ4v) is 1.74. The highest BCUT2D eigenvalue weighted by atomic mass is 27.3. The molecule has 0 aromatic rings. The van der Waals surface area contributed by atoms with Crippen molar-refractivity contribution in [3.63, 3.8) is 0 Å². The van der Waals surface area contributed by atoms with Gasteiger partial charge >= 0.3 is 31.6 Å². The van der Waals surface area contributed by atoms with Crippen molar-refractivity contribution in [1.82, 2.24) is 0 Å². The summed E-state index contributed by atoms with van der Waals surface area (Å²) in [5.74, 6) is 0. The van der Waals surface area contributed by atoms with Gasteiger partial charge in [-0.15, -0.1) is 0 Å². The van der Waals surface area contributed by atoms with E-state index in [0.717, 1.165) is 6.42 Å². The van der Waals surface area contributed by atoms with Crippen molar-refractivity contribution < 1.29 is 6.36 Å². The van der Waals surface area contributed by atoms with Crippen molar-refractivity contribution in [3.8, 4) is 0 Å². The van der Waals surface area contributed by atoms with Gasteiger partial charge in [-0.05, 0) is 5.28 Å². The molecule has 40 valence electrons. The van der Waals surface area contributed by atoms with E-state index < -0.39 is 14.9 Å². The zero-order valence-corrected chi connectivity index (χ0v) is 7.93. The predicted molar refractivity (Wildman–Crippen MR) is 31.6 cm³/mol. The van der Waals surface area contributed by atoms with Crippen molar-refractivity contribution in [2.75, 3.05) is 0 Å². The molecule has 0 heterocycles. The fourth-order valence-electron chi connectivity index (χ4n) is 0.345. The van der Waals surface area contributed by atoms with E-state index in [1.165, 1.54) is 0 Å². The van der Waals surface area contributed by atoms with E-state index in [1.807, 2.05) is 6.92 Å². The third-order valence-electron chi connectivity index (χ3n) is 0.771. The molecule has 0 N–H and O–H groups in total. The van der Waals surface area contributed by atoms with Crippen LogP contribution in [0.25, 0.3) is 0 Å².